The standard InChI is InChI=1S/C17H34N4S/c1-15(13-20-8-6-5-7-9-20)12-19-16(18-4)21-10-11-22-17(2,3)14-21/h15H,5-14H2,1-4H3,(H,18,19). The summed E-state index contributed by atoms with van der Waals surface area (Å²) in [6.45, 7) is 14.0. The molecule has 0 saturated carbocycles. The second-order valence-electron chi connectivity index (χ2n) is 7.42. The predicted molar refractivity (Wildman–Crippen MR) is 98.9 cm³/mol. The first-order valence-corrected chi connectivity index (χ1v) is 9.80. The number of nitrogens with zero attached hydrogens (tertiary/aromatic N) is 3. The average molecular weight is 327 g/mol. The molecule has 2 rings (SSSR count). The van der Waals surface area contributed by atoms with E-state index in [1.807, 2.05) is 7.05 Å². The van der Waals surface area contributed by atoms with Crippen molar-refractivity contribution in [3.05, 3.63) is 0 Å². The van der Waals surface area contributed by atoms with Crippen molar-refractivity contribution in [3.8, 4) is 0 Å². The molecule has 2 saturated heterocycles. The van der Waals surface area contributed by atoms with Crippen LogP contribution in [0.1, 0.15) is 40.0 Å². The summed E-state index contributed by atoms with van der Waals surface area (Å²) in [6.07, 6.45) is 4.17. The van der Waals surface area contributed by atoms with Crippen molar-refractivity contribution in [3.63, 3.8) is 0 Å². The Morgan fingerprint density at radius 1 is 1.23 bits per heavy atom. The SMILES string of the molecule is CN=C(NCC(C)CN1CCCCC1)N1CCSC(C)(C)C1. The van der Waals surface area contributed by atoms with E-state index < -0.39 is 0 Å². The van der Waals surface area contributed by atoms with E-state index in [1.54, 1.807) is 0 Å². The molecule has 0 aromatic carbocycles. The molecular weight excluding hydrogens is 292 g/mol. The van der Waals surface area contributed by atoms with E-state index in [0.29, 0.717) is 10.7 Å². The lowest BCUT2D eigenvalue weighted by Crippen LogP contribution is -2.52. The third-order valence-electron chi connectivity index (χ3n) is 4.56. The number of hydrogen-bond acceptors (Lipinski definition) is 3. The summed E-state index contributed by atoms with van der Waals surface area (Å²) in [5.74, 6) is 2.94. The summed E-state index contributed by atoms with van der Waals surface area (Å²) >= 11 is 2.07. The molecule has 2 aliphatic heterocycles. The molecule has 0 bridgehead atoms. The maximum absolute atomic E-state index is 4.50. The fraction of sp³-hybridized carbons (Fsp3) is 0.941. The van der Waals surface area contributed by atoms with E-state index in [9.17, 15) is 0 Å². The normalized spacial score (nSPS) is 25.1. The molecule has 128 valence electrons. The Kier molecular flexibility index (Phi) is 6.87. The molecule has 1 atom stereocenters. The second-order valence-corrected chi connectivity index (χ2v) is 9.23. The quantitative estimate of drug-likeness (QED) is 0.635. The van der Waals surface area contributed by atoms with Crippen molar-refractivity contribution in [2.45, 2.75) is 44.8 Å². The molecule has 1 unspecified atom stereocenters. The molecule has 0 aromatic heterocycles. The van der Waals surface area contributed by atoms with Crippen molar-refractivity contribution < 1.29 is 0 Å². The Bertz CT molecular complexity index is 364. The lowest BCUT2D eigenvalue weighted by molar-refractivity contribution is 0.200. The summed E-state index contributed by atoms with van der Waals surface area (Å²) < 4.78 is 0.329. The Morgan fingerprint density at radius 2 is 1.95 bits per heavy atom. The van der Waals surface area contributed by atoms with Gasteiger partial charge in [-0.15, -0.1) is 0 Å². The van der Waals surface area contributed by atoms with Crippen LogP contribution >= 0.6 is 11.8 Å². The number of nitrogens with one attached hydrogen (secondary N) is 1. The molecule has 0 aliphatic carbocycles. The molecule has 22 heavy (non-hydrogen) atoms. The van der Waals surface area contributed by atoms with E-state index in [1.165, 1.54) is 44.6 Å². The Morgan fingerprint density at radius 3 is 2.59 bits per heavy atom. The highest BCUT2D eigenvalue weighted by atomic mass is 32.2. The molecule has 2 aliphatic rings. The zero-order valence-electron chi connectivity index (χ0n) is 14.9. The lowest BCUT2D eigenvalue weighted by atomic mass is 10.1. The molecule has 4 nitrogen and oxygen atoms in total. The lowest BCUT2D eigenvalue weighted by Gasteiger charge is -2.39. The summed E-state index contributed by atoms with van der Waals surface area (Å²) in [5.41, 5.74) is 0. The van der Waals surface area contributed by atoms with Gasteiger partial charge in [-0.05, 0) is 45.7 Å². The summed E-state index contributed by atoms with van der Waals surface area (Å²) in [4.78, 5) is 9.55. The Labute approximate surface area is 141 Å². The number of hydrogen-bond donors (Lipinski definition) is 1. The van der Waals surface area contributed by atoms with Crippen molar-refractivity contribution >= 4 is 17.7 Å². The van der Waals surface area contributed by atoms with E-state index >= 15 is 0 Å². The average Bonchev–Trinajstić information content (AvgIpc) is 2.48. The van der Waals surface area contributed by atoms with Crippen LogP contribution in [0.25, 0.3) is 0 Å². The van der Waals surface area contributed by atoms with E-state index in [-0.39, 0.29) is 0 Å². The van der Waals surface area contributed by atoms with Gasteiger partial charge >= 0.3 is 0 Å². The Balaban J connectivity index is 1.75. The molecule has 1 N–H and O–H groups in total. The predicted octanol–water partition coefficient (Wildman–Crippen LogP) is 2.51. The van der Waals surface area contributed by atoms with Crippen LogP contribution in [0.5, 0.6) is 0 Å². The van der Waals surface area contributed by atoms with E-state index in [2.05, 4.69) is 52.6 Å². The highest BCUT2D eigenvalue weighted by Gasteiger charge is 2.28. The van der Waals surface area contributed by atoms with Gasteiger partial charge in [-0.1, -0.05) is 13.3 Å². The highest BCUT2D eigenvalue weighted by Crippen LogP contribution is 2.29. The monoisotopic (exact) mass is 326 g/mol. The minimum absolute atomic E-state index is 0.329. The van der Waals surface area contributed by atoms with Gasteiger partial charge in [0.2, 0.25) is 0 Å². The number of guanidine groups is 1. The van der Waals surface area contributed by atoms with Crippen LogP contribution in [0.3, 0.4) is 0 Å². The van der Waals surface area contributed by atoms with Gasteiger partial charge < -0.3 is 15.1 Å². The third-order valence-corrected chi connectivity index (χ3v) is 5.86. The smallest absolute Gasteiger partial charge is 0.193 e. The number of thioether (sulfide) groups is 1. The van der Waals surface area contributed by atoms with Crippen molar-refractivity contribution in [2.24, 2.45) is 10.9 Å². The van der Waals surface area contributed by atoms with E-state index in [0.717, 1.165) is 25.6 Å². The van der Waals surface area contributed by atoms with Gasteiger partial charge in [0.25, 0.3) is 0 Å². The van der Waals surface area contributed by atoms with E-state index in [4.69, 9.17) is 0 Å². The fourth-order valence-corrected chi connectivity index (χ4v) is 4.55. The van der Waals surface area contributed by atoms with Gasteiger partial charge in [0.15, 0.2) is 5.96 Å². The molecule has 2 fully saturated rings. The van der Waals surface area contributed by atoms with Crippen LogP contribution in [0.15, 0.2) is 4.99 Å². The molecule has 5 heteroatoms. The maximum Gasteiger partial charge on any atom is 0.193 e. The van der Waals surface area contributed by atoms with Gasteiger partial charge in [0.1, 0.15) is 0 Å². The van der Waals surface area contributed by atoms with Crippen LogP contribution in [0.2, 0.25) is 0 Å². The van der Waals surface area contributed by atoms with Crippen LogP contribution in [-0.4, -0.2) is 72.6 Å². The molecule has 2 heterocycles. The minimum Gasteiger partial charge on any atom is -0.356 e. The first-order valence-electron chi connectivity index (χ1n) is 8.82. The second kappa shape index (κ2) is 8.44. The maximum atomic E-state index is 4.50. The fourth-order valence-electron chi connectivity index (χ4n) is 3.44. The zero-order valence-corrected chi connectivity index (χ0v) is 15.7. The van der Waals surface area contributed by atoms with Crippen LogP contribution in [-0.2, 0) is 0 Å². The van der Waals surface area contributed by atoms with Crippen LogP contribution in [0, 0.1) is 5.92 Å². The van der Waals surface area contributed by atoms with Gasteiger partial charge in [0, 0.05) is 43.7 Å². The van der Waals surface area contributed by atoms with Gasteiger partial charge in [-0.2, -0.15) is 11.8 Å². The first-order chi connectivity index (χ1) is 10.5. The molecule has 0 spiro atoms. The van der Waals surface area contributed by atoms with Crippen LogP contribution in [0.4, 0.5) is 0 Å². The van der Waals surface area contributed by atoms with Gasteiger partial charge in [0.05, 0.1) is 0 Å². The minimum atomic E-state index is 0.329. The first kappa shape index (κ1) is 17.9. The zero-order chi connectivity index (χ0) is 16.0. The topological polar surface area (TPSA) is 30.9 Å². The van der Waals surface area contributed by atoms with Crippen LogP contribution < -0.4 is 5.32 Å². The molecule has 0 amide bonds. The van der Waals surface area contributed by atoms with Crippen molar-refractivity contribution in [2.75, 3.05) is 52.1 Å². The number of piperidine rings is 1. The summed E-state index contributed by atoms with van der Waals surface area (Å²) in [6, 6.07) is 0. The largest absolute Gasteiger partial charge is 0.356 e. The van der Waals surface area contributed by atoms with Gasteiger partial charge in [-0.3, -0.25) is 4.99 Å². The molecular formula is C17H34N4S. The highest BCUT2D eigenvalue weighted by molar-refractivity contribution is 8.00. The number of rotatable bonds is 4. The Hall–Kier alpha value is -0.420. The number of likely N-dealkylation sites (tertiary alicyclic amines) is 1. The molecule has 0 radical (unpaired) electrons. The summed E-state index contributed by atoms with van der Waals surface area (Å²) in [5, 5.41) is 3.61. The van der Waals surface area contributed by atoms with Gasteiger partial charge in [-0.25, -0.2) is 0 Å². The van der Waals surface area contributed by atoms with Crippen molar-refractivity contribution in [1.82, 2.24) is 15.1 Å². The third kappa shape index (κ3) is 5.65. The van der Waals surface area contributed by atoms with Crippen molar-refractivity contribution in [1.29, 1.82) is 0 Å². The number of aliphatic imine (C=N–C) groups is 1. The summed E-state index contributed by atoms with van der Waals surface area (Å²) in [7, 11) is 1.91. The molecule has 0 aromatic rings.